The van der Waals surface area contributed by atoms with Crippen LogP contribution in [0.1, 0.15) is 57.1 Å². The number of hydrogen-bond donors (Lipinski definition) is 2. The van der Waals surface area contributed by atoms with Crippen molar-refractivity contribution in [3.63, 3.8) is 0 Å². The molecule has 1 aliphatic heterocycles. The van der Waals surface area contributed by atoms with Crippen LogP contribution in [-0.4, -0.2) is 52.7 Å². The van der Waals surface area contributed by atoms with Gasteiger partial charge in [0.2, 0.25) is 5.91 Å². The predicted octanol–water partition coefficient (Wildman–Crippen LogP) is 4.41. The van der Waals surface area contributed by atoms with Gasteiger partial charge in [-0.2, -0.15) is 0 Å². The van der Waals surface area contributed by atoms with E-state index < -0.39 is 29.1 Å². The third-order valence-corrected chi connectivity index (χ3v) is 8.09. The van der Waals surface area contributed by atoms with E-state index in [9.17, 15) is 19.5 Å². The maximum Gasteiger partial charge on any atom is 0.408 e. The van der Waals surface area contributed by atoms with Gasteiger partial charge in [-0.05, 0) is 59.8 Å². The van der Waals surface area contributed by atoms with E-state index in [4.69, 9.17) is 4.74 Å². The zero-order valence-corrected chi connectivity index (χ0v) is 20.4. The molecule has 0 radical (unpaired) electrons. The zero-order chi connectivity index (χ0) is 25.0. The van der Waals surface area contributed by atoms with Gasteiger partial charge in [0.25, 0.3) is 0 Å². The van der Waals surface area contributed by atoms with E-state index in [0.29, 0.717) is 13.0 Å². The number of carbonyl (C=O) groups excluding carboxylic acids is 2. The van der Waals surface area contributed by atoms with Crippen molar-refractivity contribution < 1.29 is 24.2 Å². The quantitative estimate of drug-likeness (QED) is 0.644. The molecule has 7 heteroatoms. The van der Waals surface area contributed by atoms with E-state index >= 15 is 0 Å². The Kier molecular flexibility index (Phi) is 5.61. The van der Waals surface area contributed by atoms with Crippen molar-refractivity contribution in [2.75, 3.05) is 13.2 Å². The third kappa shape index (κ3) is 3.97. The summed E-state index contributed by atoms with van der Waals surface area (Å²) < 4.78 is 5.70. The summed E-state index contributed by atoms with van der Waals surface area (Å²) >= 11 is 0. The SMILES string of the molecule is CC1(C)CCN(C(=O)C(C)(NC(=O)OCC2c3ccccc3-c3ccccc32)C2CC2)C1C(=O)O. The van der Waals surface area contributed by atoms with Crippen LogP contribution in [0.15, 0.2) is 48.5 Å². The highest BCUT2D eigenvalue weighted by Gasteiger charge is 2.56. The smallest absolute Gasteiger partial charge is 0.408 e. The van der Waals surface area contributed by atoms with Gasteiger partial charge in [-0.15, -0.1) is 0 Å². The molecular formula is C28H32N2O5. The molecule has 2 unspecified atom stereocenters. The first-order valence-electron chi connectivity index (χ1n) is 12.3. The van der Waals surface area contributed by atoms with Crippen LogP contribution in [0.4, 0.5) is 4.79 Å². The van der Waals surface area contributed by atoms with Crippen LogP contribution in [0, 0.1) is 11.3 Å². The predicted molar refractivity (Wildman–Crippen MR) is 131 cm³/mol. The van der Waals surface area contributed by atoms with Crippen LogP contribution in [0.5, 0.6) is 0 Å². The highest BCUT2D eigenvalue weighted by Crippen LogP contribution is 2.46. The van der Waals surface area contributed by atoms with Crippen LogP contribution < -0.4 is 5.32 Å². The Morgan fingerprint density at radius 2 is 1.63 bits per heavy atom. The summed E-state index contributed by atoms with van der Waals surface area (Å²) in [7, 11) is 0. The van der Waals surface area contributed by atoms with Gasteiger partial charge in [-0.1, -0.05) is 62.4 Å². The largest absolute Gasteiger partial charge is 0.480 e. The second-order valence-electron chi connectivity index (χ2n) is 10.9. The van der Waals surface area contributed by atoms with Gasteiger partial charge in [-0.25, -0.2) is 9.59 Å². The second kappa shape index (κ2) is 8.40. The molecule has 1 heterocycles. The van der Waals surface area contributed by atoms with Crippen LogP contribution in [-0.2, 0) is 14.3 Å². The number of alkyl carbamates (subject to hydrolysis) is 1. The summed E-state index contributed by atoms with van der Waals surface area (Å²) in [5.74, 6) is -1.47. The number of carboxylic acids is 1. The first-order valence-corrected chi connectivity index (χ1v) is 12.3. The second-order valence-corrected chi connectivity index (χ2v) is 10.9. The Balaban J connectivity index is 1.32. The fourth-order valence-corrected chi connectivity index (χ4v) is 5.92. The highest BCUT2D eigenvalue weighted by molar-refractivity contribution is 5.94. The van der Waals surface area contributed by atoms with Crippen molar-refractivity contribution in [1.29, 1.82) is 0 Å². The van der Waals surface area contributed by atoms with E-state index in [1.807, 2.05) is 38.1 Å². The summed E-state index contributed by atoms with van der Waals surface area (Å²) in [5, 5.41) is 12.7. The molecule has 2 atom stereocenters. The van der Waals surface area contributed by atoms with Crippen LogP contribution >= 0.6 is 0 Å². The lowest BCUT2D eigenvalue weighted by molar-refractivity contribution is -0.154. The monoisotopic (exact) mass is 476 g/mol. The number of benzene rings is 2. The number of hydrogen-bond acceptors (Lipinski definition) is 4. The zero-order valence-electron chi connectivity index (χ0n) is 20.4. The molecule has 2 N–H and O–H groups in total. The number of aliphatic carboxylic acids is 1. The van der Waals surface area contributed by atoms with E-state index in [-0.39, 0.29) is 24.3 Å². The Bertz CT molecular complexity index is 1140. The molecule has 35 heavy (non-hydrogen) atoms. The topological polar surface area (TPSA) is 95.9 Å². The molecule has 184 valence electrons. The van der Waals surface area contributed by atoms with Gasteiger partial charge in [0.05, 0.1) is 0 Å². The Labute approximate surface area is 205 Å². The number of fused-ring (bicyclic) bond motifs is 3. The average molecular weight is 477 g/mol. The van der Waals surface area contributed by atoms with Gasteiger partial charge < -0.3 is 20.1 Å². The van der Waals surface area contributed by atoms with Crippen molar-refractivity contribution in [2.45, 2.75) is 57.5 Å². The molecule has 0 aromatic heterocycles. The fourth-order valence-electron chi connectivity index (χ4n) is 5.92. The first kappa shape index (κ1) is 23.4. The van der Waals surface area contributed by atoms with Crippen molar-refractivity contribution in [3.05, 3.63) is 59.7 Å². The third-order valence-electron chi connectivity index (χ3n) is 8.09. The Morgan fingerprint density at radius 1 is 1.06 bits per heavy atom. The van der Waals surface area contributed by atoms with Crippen LogP contribution in [0.3, 0.4) is 0 Å². The van der Waals surface area contributed by atoms with Crippen molar-refractivity contribution >= 4 is 18.0 Å². The summed E-state index contributed by atoms with van der Waals surface area (Å²) in [6.07, 6.45) is 1.56. The van der Waals surface area contributed by atoms with Gasteiger partial charge in [0.15, 0.2) is 0 Å². The maximum absolute atomic E-state index is 13.7. The van der Waals surface area contributed by atoms with Crippen LogP contribution in [0.25, 0.3) is 11.1 Å². The number of amides is 2. The molecular weight excluding hydrogens is 444 g/mol. The lowest BCUT2D eigenvalue weighted by atomic mass is 9.84. The number of carbonyl (C=O) groups is 3. The molecule has 3 aliphatic rings. The fraction of sp³-hybridized carbons (Fsp3) is 0.464. The molecule has 2 amide bonds. The van der Waals surface area contributed by atoms with Gasteiger partial charge in [0, 0.05) is 12.5 Å². The normalized spacial score (nSPS) is 22.1. The number of likely N-dealkylation sites (tertiary alicyclic amines) is 1. The molecule has 0 bridgehead atoms. The van der Waals surface area contributed by atoms with Crippen LogP contribution in [0.2, 0.25) is 0 Å². The molecule has 2 aliphatic carbocycles. The van der Waals surface area contributed by atoms with Crippen molar-refractivity contribution in [1.82, 2.24) is 10.2 Å². The molecule has 5 rings (SSSR count). The summed E-state index contributed by atoms with van der Waals surface area (Å²) in [6, 6.07) is 15.3. The first-order chi connectivity index (χ1) is 16.6. The summed E-state index contributed by atoms with van der Waals surface area (Å²) in [4.78, 5) is 40.1. The summed E-state index contributed by atoms with van der Waals surface area (Å²) in [6.45, 7) is 5.96. The minimum atomic E-state index is -1.20. The average Bonchev–Trinajstić information content (AvgIpc) is 3.57. The van der Waals surface area contributed by atoms with E-state index in [1.165, 1.54) is 4.90 Å². The van der Waals surface area contributed by atoms with Gasteiger partial charge in [-0.3, -0.25) is 4.79 Å². The molecule has 2 aromatic rings. The summed E-state index contributed by atoms with van der Waals surface area (Å²) in [5.41, 5.74) is 2.79. The Hall–Kier alpha value is -3.35. The molecule has 2 aromatic carbocycles. The highest BCUT2D eigenvalue weighted by atomic mass is 16.5. The number of carboxylic acid groups (broad SMARTS) is 1. The lowest BCUT2D eigenvalue weighted by Gasteiger charge is -2.37. The minimum Gasteiger partial charge on any atom is -0.480 e. The molecule has 1 saturated heterocycles. The number of rotatable bonds is 6. The number of nitrogens with zero attached hydrogens (tertiary/aromatic N) is 1. The molecule has 1 saturated carbocycles. The van der Waals surface area contributed by atoms with E-state index in [1.54, 1.807) is 6.92 Å². The maximum atomic E-state index is 13.7. The standard InChI is InChI=1S/C28H32N2O5/c1-27(2)14-15-30(23(27)24(31)32)25(33)28(3,17-12-13-17)29-26(34)35-16-22-20-10-6-4-8-18(20)19-9-5-7-11-21(19)22/h4-11,17,22-23H,12-16H2,1-3H3,(H,29,34)(H,31,32). The van der Waals surface area contributed by atoms with Gasteiger partial charge in [0.1, 0.15) is 18.2 Å². The van der Waals surface area contributed by atoms with E-state index in [2.05, 4.69) is 29.6 Å². The minimum absolute atomic E-state index is 0.0337. The van der Waals surface area contributed by atoms with E-state index in [0.717, 1.165) is 35.1 Å². The van der Waals surface area contributed by atoms with Crippen molar-refractivity contribution in [2.24, 2.45) is 11.3 Å². The number of nitrogens with one attached hydrogen (secondary N) is 1. The van der Waals surface area contributed by atoms with Gasteiger partial charge >= 0.3 is 12.1 Å². The Morgan fingerprint density at radius 3 is 2.17 bits per heavy atom. The molecule has 0 spiro atoms. The number of ether oxygens (including phenoxy) is 1. The molecule has 7 nitrogen and oxygen atoms in total. The van der Waals surface area contributed by atoms with Crippen molar-refractivity contribution in [3.8, 4) is 11.1 Å². The molecule has 2 fully saturated rings. The lowest BCUT2D eigenvalue weighted by Crippen LogP contribution is -2.62.